The third-order valence-corrected chi connectivity index (χ3v) is 2.67. The molecule has 2 amide bonds. The van der Waals surface area contributed by atoms with Crippen LogP contribution in [0.25, 0.3) is 0 Å². The molecule has 0 fully saturated rings. The molecule has 0 bridgehead atoms. The number of rotatable bonds is 6. The van der Waals surface area contributed by atoms with Gasteiger partial charge in [-0.05, 0) is 30.7 Å². The summed E-state index contributed by atoms with van der Waals surface area (Å²) in [7, 11) is 0. The van der Waals surface area contributed by atoms with Crippen molar-refractivity contribution in [3.05, 3.63) is 35.4 Å². The molecule has 0 aliphatic rings. The second-order valence-corrected chi connectivity index (χ2v) is 4.39. The number of carbonyl (C=O) groups excluding carboxylic acids is 2. The average molecular weight is 288 g/mol. The van der Waals surface area contributed by atoms with E-state index in [0.717, 1.165) is 12.0 Å². The molecule has 5 nitrogen and oxygen atoms in total. The Morgan fingerprint density at radius 2 is 1.86 bits per heavy atom. The molecule has 0 aliphatic heterocycles. The molecule has 0 unspecified atom stereocenters. The molecule has 0 saturated heterocycles. The van der Waals surface area contributed by atoms with Gasteiger partial charge in [-0.1, -0.05) is 18.8 Å². The lowest BCUT2D eigenvalue weighted by Crippen LogP contribution is -2.31. The van der Waals surface area contributed by atoms with Gasteiger partial charge in [-0.2, -0.15) is 0 Å². The van der Waals surface area contributed by atoms with Gasteiger partial charge in [0.1, 0.15) is 6.61 Å². The molecule has 5 heteroatoms. The molecule has 3 N–H and O–H groups in total. The van der Waals surface area contributed by atoms with Crippen LogP contribution in [0.3, 0.4) is 0 Å². The molecule has 1 rings (SSSR count). The number of amides is 2. The van der Waals surface area contributed by atoms with Crippen molar-refractivity contribution in [1.82, 2.24) is 10.6 Å². The van der Waals surface area contributed by atoms with Crippen molar-refractivity contribution >= 4 is 11.8 Å². The molecule has 0 aliphatic carbocycles. The minimum absolute atomic E-state index is 0.0632. The Bertz CT molecular complexity index is 527. The van der Waals surface area contributed by atoms with Crippen LogP contribution in [-0.2, 0) is 4.79 Å². The van der Waals surface area contributed by atoms with Crippen LogP contribution in [0.15, 0.2) is 24.3 Å². The summed E-state index contributed by atoms with van der Waals surface area (Å²) in [5.74, 6) is 5.01. The molecule has 1 aromatic carbocycles. The van der Waals surface area contributed by atoms with Crippen LogP contribution in [-0.4, -0.2) is 36.6 Å². The number of nitrogens with one attached hydrogen (secondary N) is 2. The van der Waals surface area contributed by atoms with E-state index < -0.39 is 0 Å². The van der Waals surface area contributed by atoms with Crippen molar-refractivity contribution in [2.45, 2.75) is 19.8 Å². The Labute approximate surface area is 124 Å². The Morgan fingerprint density at radius 1 is 1.14 bits per heavy atom. The third kappa shape index (κ3) is 6.59. The Kier molecular flexibility index (Phi) is 7.62. The van der Waals surface area contributed by atoms with Crippen molar-refractivity contribution in [3.63, 3.8) is 0 Å². The number of hydrogen-bond donors (Lipinski definition) is 3. The zero-order valence-corrected chi connectivity index (χ0v) is 12.1. The average Bonchev–Trinajstić information content (AvgIpc) is 2.51. The lowest BCUT2D eigenvalue weighted by Gasteiger charge is -2.06. The van der Waals surface area contributed by atoms with E-state index >= 15 is 0 Å². The van der Waals surface area contributed by atoms with Gasteiger partial charge in [-0.3, -0.25) is 9.59 Å². The van der Waals surface area contributed by atoms with E-state index in [-0.39, 0.29) is 24.8 Å². The monoisotopic (exact) mass is 288 g/mol. The highest BCUT2D eigenvalue weighted by molar-refractivity contribution is 5.94. The Morgan fingerprint density at radius 3 is 2.48 bits per heavy atom. The van der Waals surface area contributed by atoms with Gasteiger partial charge in [0.2, 0.25) is 5.91 Å². The maximum atomic E-state index is 11.8. The van der Waals surface area contributed by atoms with Crippen molar-refractivity contribution in [2.75, 3.05) is 19.7 Å². The molecule has 0 aromatic heterocycles. The van der Waals surface area contributed by atoms with Gasteiger partial charge in [0, 0.05) is 30.6 Å². The maximum absolute atomic E-state index is 11.8. The van der Waals surface area contributed by atoms with Gasteiger partial charge in [0.25, 0.3) is 5.91 Å². The van der Waals surface area contributed by atoms with E-state index in [1.54, 1.807) is 24.3 Å². The highest BCUT2D eigenvalue weighted by atomic mass is 16.2. The number of aliphatic hydroxyl groups is 1. The number of benzene rings is 1. The van der Waals surface area contributed by atoms with Crippen LogP contribution in [0.1, 0.15) is 35.7 Å². The summed E-state index contributed by atoms with van der Waals surface area (Å²) in [6.45, 7) is 2.75. The summed E-state index contributed by atoms with van der Waals surface area (Å²) in [5.41, 5.74) is 1.25. The highest BCUT2D eigenvalue weighted by Gasteiger charge is 2.06. The zero-order valence-electron chi connectivity index (χ0n) is 12.1. The maximum Gasteiger partial charge on any atom is 0.251 e. The van der Waals surface area contributed by atoms with Crippen molar-refractivity contribution < 1.29 is 14.7 Å². The SMILES string of the molecule is CCCNC(=O)CCNC(=O)c1ccc(C#CCO)cc1. The van der Waals surface area contributed by atoms with Gasteiger partial charge in [0.05, 0.1) is 0 Å². The van der Waals surface area contributed by atoms with Gasteiger partial charge in [-0.15, -0.1) is 0 Å². The smallest absolute Gasteiger partial charge is 0.251 e. The van der Waals surface area contributed by atoms with Crippen molar-refractivity contribution in [2.24, 2.45) is 0 Å². The number of hydrogen-bond acceptors (Lipinski definition) is 3. The fourth-order valence-corrected chi connectivity index (χ4v) is 1.59. The number of aliphatic hydroxyl groups excluding tert-OH is 1. The largest absolute Gasteiger partial charge is 0.384 e. The van der Waals surface area contributed by atoms with Crippen LogP contribution in [0, 0.1) is 11.8 Å². The van der Waals surface area contributed by atoms with Crippen LogP contribution in [0.2, 0.25) is 0 Å². The van der Waals surface area contributed by atoms with E-state index in [4.69, 9.17) is 5.11 Å². The predicted molar refractivity (Wildman–Crippen MR) is 80.7 cm³/mol. The van der Waals surface area contributed by atoms with Crippen LogP contribution in [0.5, 0.6) is 0 Å². The topological polar surface area (TPSA) is 78.4 Å². The quantitative estimate of drug-likeness (QED) is 0.673. The van der Waals surface area contributed by atoms with E-state index in [0.29, 0.717) is 18.7 Å². The first-order valence-electron chi connectivity index (χ1n) is 6.92. The fourth-order valence-electron chi connectivity index (χ4n) is 1.59. The standard InChI is InChI=1S/C16H20N2O3/c1-2-10-17-15(20)9-11-18-16(21)14-7-5-13(6-8-14)4-3-12-19/h5-8,19H,2,9-12H2,1H3,(H,17,20)(H,18,21). The fraction of sp³-hybridized carbons (Fsp3) is 0.375. The Balaban J connectivity index is 2.40. The van der Waals surface area contributed by atoms with Crippen LogP contribution >= 0.6 is 0 Å². The summed E-state index contributed by atoms with van der Waals surface area (Å²) < 4.78 is 0. The second kappa shape index (κ2) is 9.56. The van der Waals surface area contributed by atoms with E-state index in [2.05, 4.69) is 22.5 Å². The molecule has 0 atom stereocenters. The third-order valence-electron chi connectivity index (χ3n) is 2.67. The lowest BCUT2D eigenvalue weighted by molar-refractivity contribution is -0.120. The highest BCUT2D eigenvalue weighted by Crippen LogP contribution is 2.03. The summed E-state index contributed by atoms with van der Waals surface area (Å²) in [6, 6.07) is 6.75. The van der Waals surface area contributed by atoms with Gasteiger partial charge in [0.15, 0.2) is 0 Å². The summed E-state index contributed by atoms with van der Waals surface area (Å²) in [4.78, 5) is 23.2. The molecule has 1 aromatic rings. The Hall–Kier alpha value is -2.32. The molecular formula is C16H20N2O3. The van der Waals surface area contributed by atoms with E-state index in [9.17, 15) is 9.59 Å². The zero-order chi connectivity index (χ0) is 15.5. The van der Waals surface area contributed by atoms with Crippen LogP contribution < -0.4 is 10.6 Å². The second-order valence-electron chi connectivity index (χ2n) is 4.39. The predicted octanol–water partition coefficient (Wildman–Crippen LogP) is 0.676. The number of carbonyl (C=O) groups is 2. The van der Waals surface area contributed by atoms with E-state index in [1.807, 2.05) is 6.92 Å². The molecule has 21 heavy (non-hydrogen) atoms. The minimum atomic E-state index is -0.222. The van der Waals surface area contributed by atoms with Crippen molar-refractivity contribution in [3.8, 4) is 11.8 Å². The first-order valence-corrected chi connectivity index (χ1v) is 6.92. The molecule has 0 radical (unpaired) electrons. The molecular weight excluding hydrogens is 268 g/mol. The van der Waals surface area contributed by atoms with Crippen LogP contribution in [0.4, 0.5) is 0 Å². The molecule has 0 saturated carbocycles. The molecule has 112 valence electrons. The summed E-state index contributed by atoms with van der Waals surface area (Å²) in [5, 5.41) is 14.0. The summed E-state index contributed by atoms with van der Waals surface area (Å²) in [6.07, 6.45) is 1.16. The summed E-state index contributed by atoms with van der Waals surface area (Å²) >= 11 is 0. The van der Waals surface area contributed by atoms with Gasteiger partial charge >= 0.3 is 0 Å². The first kappa shape index (κ1) is 16.7. The first-order chi connectivity index (χ1) is 10.2. The van der Waals surface area contributed by atoms with E-state index in [1.165, 1.54) is 0 Å². The normalized spacial score (nSPS) is 9.43. The van der Waals surface area contributed by atoms with Gasteiger partial charge < -0.3 is 15.7 Å². The van der Waals surface area contributed by atoms with Crippen molar-refractivity contribution in [1.29, 1.82) is 0 Å². The molecule has 0 heterocycles. The van der Waals surface area contributed by atoms with Gasteiger partial charge in [-0.25, -0.2) is 0 Å². The molecule has 0 spiro atoms. The lowest BCUT2D eigenvalue weighted by atomic mass is 10.1. The minimum Gasteiger partial charge on any atom is -0.384 e.